The average molecular weight is 405 g/mol. The van der Waals surface area contributed by atoms with Crippen molar-refractivity contribution in [2.75, 3.05) is 5.32 Å². The molecule has 3 aromatic rings. The molecule has 0 fully saturated rings. The van der Waals surface area contributed by atoms with E-state index in [1.54, 1.807) is 11.8 Å². The molecule has 1 amide bonds. The van der Waals surface area contributed by atoms with Gasteiger partial charge in [-0.25, -0.2) is 0 Å². The van der Waals surface area contributed by atoms with E-state index in [9.17, 15) is 4.79 Å². The second kappa shape index (κ2) is 7.67. The first-order valence-electron chi connectivity index (χ1n) is 10.3. The number of carbonyl (C=O) groups excluding carboxylic acids is 1. The van der Waals surface area contributed by atoms with E-state index in [-0.39, 0.29) is 11.2 Å². The van der Waals surface area contributed by atoms with Crippen molar-refractivity contribution in [2.45, 2.75) is 55.7 Å². The molecule has 0 spiro atoms. The maximum Gasteiger partial charge on any atom is 0.238 e. The Morgan fingerprint density at radius 1 is 1.14 bits per heavy atom. The summed E-state index contributed by atoms with van der Waals surface area (Å²) in [5, 5.41) is 12.0. The van der Waals surface area contributed by atoms with Crippen LogP contribution in [0.3, 0.4) is 0 Å². The van der Waals surface area contributed by atoms with Crippen LogP contribution >= 0.6 is 11.8 Å². The summed E-state index contributed by atoms with van der Waals surface area (Å²) in [6.07, 6.45) is 5.34. The fraction of sp³-hybridized carbons (Fsp3) is 0.348. The van der Waals surface area contributed by atoms with E-state index in [4.69, 9.17) is 0 Å². The monoisotopic (exact) mass is 404 g/mol. The second-order valence-electron chi connectivity index (χ2n) is 7.84. The van der Waals surface area contributed by atoms with Crippen molar-refractivity contribution in [1.82, 2.24) is 14.8 Å². The van der Waals surface area contributed by atoms with Gasteiger partial charge in [-0.15, -0.1) is 22.0 Å². The van der Waals surface area contributed by atoms with Crippen LogP contribution < -0.4 is 5.32 Å². The number of nitrogens with zero attached hydrogens (tertiary/aromatic N) is 3. The summed E-state index contributed by atoms with van der Waals surface area (Å²) >= 11 is 1.65. The Labute approximate surface area is 174 Å². The van der Waals surface area contributed by atoms with E-state index >= 15 is 0 Å². The molecule has 2 aliphatic heterocycles. The second-order valence-corrected chi connectivity index (χ2v) is 9.08. The summed E-state index contributed by atoms with van der Waals surface area (Å²) in [6.45, 7) is 2.99. The topological polar surface area (TPSA) is 59.8 Å². The number of rotatable bonds is 3. The number of aromatic nitrogens is 3. The fourth-order valence-corrected chi connectivity index (χ4v) is 5.33. The molecule has 5 rings (SSSR count). The highest BCUT2D eigenvalue weighted by molar-refractivity contribution is 8.01. The Bertz CT molecular complexity index is 1050. The van der Waals surface area contributed by atoms with Gasteiger partial charge in [0.1, 0.15) is 5.82 Å². The van der Waals surface area contributed by atoms with Crippen LogP contribution in [-0.2, 0) is 24.2 Å². The van der Waals surface area contributed by atoms with Gasteiger partial charge in [0, 0.05) is 29.1 Å². The van der Waals surface area contributed by atoms with Crippen molar-refractivity contribution < 1.29 is 4.79 Å². The third-order valence-corrected chi connectivity index (χ3v) is 7.12. The molecule has 1 N–H and O–H groups in total. The lowest BCUT2D eigenvalue weighted by Crippen LogP contribution is -2.25. The normalized spacial score (nSPS) is 18.0. The molecule has 0 saturated carbocycles. The number of nitrogens with one attached hydrogen (secondary N) is 1. The first-order valence-corrected chi connectivity index (χ1v) is 11.2. The Morgan fingerprint density at radius 3 is 2.93 bits per heavy atom. The van der Waals surface area contributed by atoms with Crippen molar-refractivity contribution in [1.29, 1.82) is 0 Å². The zero-order chi connectivity index (χ0) is 19.8. The smallest absolute Gasteiger partial charge is 0.238 e. The number of fused-ring (bicyclic) bond motifs is 2. The van der Waals surface area contributed by atoms with Gasteiger partial charge in [0.15, 0.2) is 5.82 Å². The zero-order valence-electron chi connectivity index (χ0n) is 16.5. The SMILES string of the molecule is Cc1ccc(-c2nnc3n2CCCCC3)cc1NC(=O)[C@@H]1Cc2ccccc2S1. The molecule has 0 aliphatic carbocycles. The predicted octanol–water partition coefficient (Wildman–Crippen LogP) is 4.64. The van der Waals surface area contributed by atoms with E-state index < -0.39 is 0 Å². The Kier molecular flexibility index (Phi) is 4.87. The van der Waals surface area contributed by atoms with Gasteiger partial charge < -0.3 is 9.88 Å². The van der Waals surface area contributed by atoms with E-state index in [0.29, 0.717) is 0 Å². The molecular formula is C23H24N4OS. The molecule has 1 aromatic heterocycles. The van der Waals surface area contributed by atoms with Gasteiger partial charge in [-0.3, -0.25) is 4.79 Å². The minimum Gasteiger partial charge on any atom is -0.325 e. The number of thioether (sulfide) groups is 1. The average Bonchev–Trinajstić information content (AvgIpc) is 3.27. The fourth-order valence-electron chi connectivity index (χ4n) is 4.14. The van der Waals surface area contributed by atoms with Crippen molar-refractivity contribution in [2.24, 2.45) is 0 Å². The van der Waals surface area contributed by atoms with Crippen LogP contribution in [0, 0.1) is 6.92 Å². The number of carbonyl (C=O) groups is 1. The lowest BCUT2D eigenvalue weighted by molar-refractivity contribution is -0.115. The number of aryl methyl sites for hydroxylation is 2. The molecule has 6 heteroatoms. The molecule has 0 unspecified atom stereocenters. The highest BCUT2D eigenvalue weighted by Gasteiger charge is 2.28. The first-order chi connectivity index (χ1) is 14.2. The van der Waals surface area contributed by atoms with Crippen molar-refractivity contribution in [3.63, 3.8) is 0 Å². The number of amides is 1. The van der Waals surface area contributed by atoms with Crippen LogP contribution in [0.25, 0.3) is 11.4 Å². The first kappa shape index (κ1) is 18.4. The summed E-state index contributed by atoms with van der Waals surface area (Å²) in [5.41, 5.74) is 4.18. The van der Waals surface area contributed by atoms with E-state index in [1.807, 2.05) is 25.1 Å². The third-order valence-electron chi connectivity index (χ3n) is 5.80. The Morgan fingerprint density at radius 2 is 2.03 bits per heavy atom. The van der Waals surface area contributed by atoms with Gasteiger partial charge >= 0.3 is 0 Å². The molecule has 0 saturated heterocycles. The van der Waals surface area contributed by atoms with Gasteiger partial charge in [0.05, 0.1) is 5.25 Å². The van der Waals surface area contributed by atoms with Crippen LogP contribution in [0.2, 0.25) is 0 Å². The molecular weight excluding hydrogens is 380 g/mol. The quantitative estimate of drug-likeness (QED) is 0.691. The molecule has 2 aromatic carbocycles. The summed E-state index contributed by atoms with van der Waals surface area (Å²) < 4.78 is 2.24. The molecule has 5 nitrogen and oxygen atoms in total. The minimum absolute atomic E-state index is 0.0616. The summed E-state index contributed by atoms with van der Waals surface area (Å²) in [6, 6.07) is 14.4. The van der Waals surface area contributed by atoms with E-state index in [1.165, 1.54) is 23.3 Å². The standard InChI is InChI=1S/C23H24N4OS/c1-15-10-11-17(22-26-25-21-9-3-2-6-12-27(21)22)13-18(15)24-23(28)20-14-16-7-4-5-8-19(16)29-20/h4-5,7-8,10-11,13,20H,2-3,6,9,12,14H2,1H3,(H,24,28)/t20-/m0/s1. The van der Waals surface area contributed by atoms with Gasteiger partial charge in [-0.1, -0.05) is 36.8 Å². The Balaban J connectivity index is 1.38. The van der Waals surface area contributed by atoms with Gasteiger partial charge in [-0.05, 0) is 49.4 Å². The highest BCUT2D eigenvalue weighted by atomic mass is 32.2. The number of anilines is 1. The van der Waals surface area contributed by atoms with Gasteiger partial charge in [0.25, 0.3) is 0 Å². The Hall–Kier alpha value is -2.60. The number of hydrogen-bond acceptors (Lipinski definition) is 4. The summed E-state index contributed by atoms with van der Waals surface area (Å²) in [5.74, 6) is 2.04. The summed E-state index contributed by atoms with van der Waals surface area (Å²) in [7, 11) is 0. The van der Waals surface area contributed by atoms with E-state index in [2.05, 4.69) is 44.3 Å². The molecule has 3 heterocycles. The van der Waals surface area contributed by atoms with Crippen LogP contribution in [0.4, 0.5) is 5.69 Å². The van der Waals surface area contributed by atoms with E-state index in [0.717, 1.165) is 54.3 Å². The van der Waals surface area contributed by atoms with Crippen molar-refractivity contribution >= 4 is 23.4 Å². The van der Waals surface area contributed by atoms with Crippen LogP contribution in [0.5, 0.6) is 0 Å². The van der Waals surface area contributed by atoms with Crippen LogP contribution in [0.1, 0.15) is 36.2 Å². The molecule has 0 radical (unpaired) electrons. The molecule has 0 bridgehead atoms. The summed E-state index contributed by atoms with van der Waals surface area (Å²) in [4.78, 5) is 14.2. The lowest BCUT2D eigenvalue weighted by atomic mass is 10.1. The molecule has 148 valence electrons. The number of hydrogen-bond donors (Lipinski definition) is 1. The van der Waals surface area contributed by atoms with Crippen molar-refractivity contribution in [3.8, 4) is 11.4 Å². The lowest BCUT2D eigenvalue weighted by Gasteiger charge is -2.14. The van der Waals surface area contributed by atoms with Crippen LogP contribution in [-0.4, -0.2) is 25.9 Å². The minimum atomic E-state index is -0.0835. The maximum atomic E-state index is 12.9. The van der Waals surface area contributed by atoms with Crippen molar-refractivity contribution in [3.05, 3.63) is 59.4 Å². The molecule has 1 atom stereocenters. The number of benzene rings is 2. The maximum absolute atomic E-state index is 12.9. The molecule has 29 heavy (non-hydrogen) atoms. The highest BCUT2D eigenvalue weighted by Crippen LogP contribution is 2.37. The predicted molar refractivity (Wildman–Crippen MR) is 116 cm³/mol. The largest absolute Gasteiger partial charge is 0.325 e. The zero-order valence-corrected chi connectivity index (χ0v) is 17.3. The van der Waals surface area contributed by atoms with Crippen LogP contribution in [0.15, 0.2) is 47.4 Å². The molecule has 2 aliphatic rings. The van der Waals surface area contributed by atoms with Gasteiger partial charge in [0.2, 0.25) is 5.91 Å². The van der Waals surface area contributed by atoms with Gasteiger partial charge in [-0.2, -0.15) is 0 Å². The third kappa shape index (κ3) is 3.57.